The van der Waals surface area contributed by atoms with Gasteiger partial charge in [0.2, 0.25) is 11.8 Å². The Morgan fingerprint density at radius 1 is 1.26 bits per heavy atom. The third-order valence-electron chi connectivity index (χ3n) is 7.76. The number of aliphatic hydroxyl groups excluding tert-OH is 1. The van der Waals surface area contributed by atoms with E-state index in [-0.39, 0.29) is 47.4 Å². The first-order chi connectivity index (χ1) is 18.6. The Kier molecular flexibility index (Phi) is 9.69. The number of nitrogens with zero attached hydrogens (tertiary/aromatic N) is 2. The maximum Gasteiger partial charge on any atom is 0.252 e. The van der Waals surface area contributed by atoms with Crippen LogP contribution in [-0.2, 0) is 26.0 Å². The largest absolute Gasteiger partial charge is 0.488 e. The molecule has 1 aliphatic carbocycles. The predicted molar refractivity (Wildman–Crippen MR) is 151 cm³/mol. The Bertz CT molecular complexity index is 1240. The molecule has 3 atom stereocenters. The highest BCUT2D eigenvalue weighted by Crippen LogP contribution is 2.31. The van der Waals surface area contributed by atoms with Gasteiger partial charge in [-0.2, -0.15) is 4.31 Å². The van der Waals surface area contributed by atoms with Crippen molar-refractivity contribution in [3.8, 4) is 5.75 Å². The van der Waals surface area contributed by atoms with Gasteiger partial charge in [0.05, 0.1) is 25.6 Å². The predicted octanol–water partition coefficient (Wildman–Crippen LogP) is 3.74. The zero-order valence-corrected chi connectivity index (χ0v) is 24.5. The molecular weight excluding hydrogens is 538 g/mol. The summed E-state index contributed by atoms with van der Waals surface area (Å²) in [5, 5.41) is 14.6. The number of likely N-dealkylation sites (N-methyl/N-ethyl adjacent to an activating group) is 1. The number of amides is 2. The molecule has 1 aromatic heterocycles. The van der Waals surface area contributed by atoms with Crippen LogP contribution in [-0.4, -0.2) is 73.4 Å². The number of thiophene rings is 1. The molecule has 2 aliphatic rings. The van der Waals surface area contributed by atoms with E-state index in [4.69, 9.17) is 4.74 Å². The maximum absolute atomic E-state index is 13.4. The zero-order valence-electron chi connectivity index (χ0n) is 22.8. The molecule has 0 unspecified atom stereocenters. The van der Waals surface area contributed by atoms with E-state index in [1.807, 2.05) is 6.92 Å². The van der Waals surface area contributed by atoms with Gasteiger partial charge in [0.1, 0.15) is 16.1 Å². The van der Waals surface area contributed by atoms with E-state index < -0.39 is 22.2 Å². The smallest absolute Gasteiger partial charge is 0.252 e. The number of carbonyl (C=O) groups excluding carboxylic acids is 2. The summed E-state index contributed by atoms with van der Waals surface area (Å²) < 4.78 is 34.3. The van der Waals surface area contributed by atoms with Gasteiger partial charge in [-0.25, -0.2) is 8.42 Å². The summed E-state index contributed by atoms with van der Waals surface area (Å²) in [6, 6.07) is 8.15. The Labute approximate surface area is 235 Å². The average Bonchev–Trinajstić information content (AvgIpc) is 3.49. The van der Waals surface area contributed by atoms with Gasteiger partial charge in [-0.15, -0.1) is 11.3 Å². The summed E-state index contributed by atoms with van der Waals surface area (Å²) >= 11 is 1.16. The molecule has 1 aromatic carbocycles. The first kappa shape index (κ1) is 29.5. The van der Waals surface area contributed by atoms with Crippen molar-refractivity contribution in [3.63, 3.8) is 0 Å². The average molecular weight is 578 g/mol. The molecule has 2 N–H and O–H groups in total. The molecule has 0 saturated heterocycles. The summed E-state index contributed by atoms with van der Waals surface area (Å²) in [6.07, 6.45) is 4.51. The summed E-state index contributed by atoms with van der Waals surface area (Å²) in [4.78, 5) is 27.9. The van der Waals surface area contributed by atoms with Crippen molar-refractivity contribution in [2.45, 2.75) is 68.7 Å². The van der Waals surface area contributed by atoms with Crippen LogP contribution >= 0.6 is 11.3 Å². The second kappa shape index (κ2) is 12.8. The highest BCUT2D eigenvalue weighted by molar-refractivity contribution is 7.91. The fourth-order valence-electron chi connectivity index (χ4n) is 5.25. The van der Waals surface area contributed by atoms with Crippen LogP contribution in [0.4, 0.5) is 5.69 Å². The molecule has 214 valence electrons. The highest BCUT2D eigenvalue weighted by Gasteiger charge is 2.34. The molecule has 0 spiro atoms. The lowest BCUT2D eigenvalue weighted by Crippen LogP contribution is -2.48. The number of carbonyl (C=O) groups is 2. The van der Waals surface area contributed by atoms with Gasteiger partial charge >= 0.3 is 0 Å². The number of benzene rings is 1. The van der Waals surface area contributed by atoms with Gasteiger partial charge < -0.3 is 20.1 Å². The van der Waals surface area contributed by atoms with Crippen molar-refractivity contribution >= 4 is 38.9 Å². The molecule has 2 amide bonds. The van der Waals surface area contributed by atoms with E-state index >= 15 is 0 Å². The number of ether oxygens (including phenoxy) is 1. The van der Waals surface area contributed by atoms with E-state index in [0.29, 0.717) is 23.5 Å². The van der Waals surface area contributed by atoms with E-state index in [9.17, 15) is 23.1 Å². The first-order valence-electron chi connectivity index (χ1n) is 13.6. The summed E-state index contributed by atoms with van der Waals surface area (Å²) in [7, 11) is -2.17. The summed E-state index contributed by atoms with van der Waals surface area (Å²) in [5.41, 5.74) is 1.21. The number of hydrogen-bond acceptors (Lipinski definition) is 7. The van der Waals surface area contributed by atoms with Gasteiger partial charge in [0.15, 0.2) is 0 Å². The normalized spacial score (nSPS) is 21.9. The lowest BCUT2D eigenvalue weighted by molar-refractivity contribution is -0.134. The van der Waals surface area contributed by atoms with Crippen molar-refractivity contribution < 1.29 is 27.9 Å². The van der Waals surface area contributed by atoms with Crippen LogP contribution in [0.1, 0.15) is 51.5 Å². The van der Waals surface area contributed by atoms with E-state index in [2.05, 4.69) is 5.32 Å². The SMILES string of the molecule is C[C@@H]1CN([C@@H](C)CO)C(=O)Cc2cc(NC(=O)C3CCCCC3)ccc2O[C@H]1CN(C)S(=O)(=O)c1cccs1. The minimum absolute atomic E-state index is 0.00574. The van der Waals surface area contributed by atoms with Crippen LogP contribution in [0.25, 0.3) is 0 Å². The topological polar surface area (TPSA) is 116 Å². The Morgan fingerprint density at radius 3 is 2.67 bits per heavy atom. The van der Waals surface area contributed by atoms with Crippen molar-refractivity contribution in [3.05, 3.63) is 41.3 Å². The highest BCUT2D eigenvalue weighted by atomic mass is 32.2. The Hall–Kier alpha value is -2.47. The molecule has 0 radical (unpaired) electrons. The van der Waals surface area contributed by atoms with Crippen molar-refractivity contribution in [1.82, 2.24) is 9.21 Å². The third-order valence-corrected chi connectivity index (χ3v) is 11.0. The van der Waals surface area contributed by atoms with Crippen molar-refractivity contribution in [2.75, 3.05) is 32.1 Å². The fourth-order valence-corrected chi connectivity index (χ4v) is 7.63. The second-order valence-corrected chi connectivity index (χ2v) is 14.0. The number of sulfonamides is 1. The number of anilines is 1. The molecule has 9 nitrogen and oxygen atoms in total. The molecule has 1 saturated carbocycles. The summed E-state index contributed by atoms with van der Waals surface area (Å²) in [5.74, 6) is 0.0715. The molecule has 39 heavy (non-hydrogen) atoms. The Morgan fingerprint density at radius 2 is 2.00 bits per heavy atom. The number of aliphatic hydroxyl groups is 1. The minimum Gasteiger partial charge on any atom is -0.488 e. The van der Waals surface area contributed by atoms with Crippen LogP contribution in [0, 0.1) is 11.8 Å². The second-order valence-electron chi connectivity index (χ2n) is 10.8. The molecule has 1 aliphatic heterocycles. The molecule has 4 rings (SSSR count). The molecule has 2 heterocycles. The lowest BCUT2D eigenvalue weighted by atomic mass is 9.88. The number of rotatable bonds is 8. The van der Waals surface area contributed by atoms with Crippen LogP contribution in [0.2, 0.25) is 0 Å². The molecule has 2 aromatic rings. The standard InChI is InChI=1S/C28H39N3O6S2/c1-19-16-31(20(2)18-32)26(33)15-22-14-23(29-28(34)21-8-5-4-6-9-21)11-12-24(22)37-25(19)17-30(3)39(35,36)27-10-7-13-38-27/h7,10-14,19-21,25,32H,4-6,8-9,15-18H2,1-3H3,(H,29,34)/t19-,20+,25+/m1/s1. The van der Waals surface area contributed by atoms with Gasteiger partial charge in [-0.05, 0) is 49.4 Å². The van der Waals surface area contributed by atoms with Crippen LogP contribution in [0.3, 0.4) is 0 Å². The number of nitrogens with one attached hydrogen (secondary N) is 1. The van der Waals surface area contributed by atoms with E-state index in [1.54, 1.807) is 47.5 Å². The van der Waals surface area contributed by atoms with E-state index in [1.165, 1.54) is 11.4 Å². The summed E-state index contributed by atoms with van der Waals surface area (Å²) in [6.45, 7) is 3.90. The van der Waals surface area contributed by atoms with Crippen molar-refractivity contribution in [1.29, 1.82) is 0 Å². The first-order valence-corrected chi connectivity index (χ1v) is 15.9. The monoisotopic (exact) mass is 577 g/mol. The zero-order chi connectivity index (χ0) is 28.2. The molecule has 1 fully saturated rings. The van der Waals surface area contributed by atoms with Gasteiger partial charge in [0, 0.05) is 36.7 Å². The fraction of sp³-hybridized carbons (Fsp3) is 0.571. The van der Waals surface area contributed by atoms with Crippen LogP contribution < -0.4 is 10.1 Å². The maximum atomic E-state index is 13.4. The van der Waals surface area contributed by atoms with Crippen molar-refractivity contribution in [2.24, 2.45) is 11.8 Å². The van der Waals surface area contributed by atoms with Gasteiger partial charge in [-0.1, -0.05) is 32.3 Å². The molecule has 11 heteroatoms. The number of hydrogen-bond donors (Lipinski definition) is 2. The van der Waals surface area contributed by atoms with Crippen LogP contribution in [0.15, 0.2) is 39.9 Å². The molecular formula is C28H39N3O6S2. The van der Waals surface area contributed by atoms with E-state index in [0.717, 1.165) is 43.4 Å². The van der Waals surface area contributed by atoms with Crippen LogP contribution in [0.5, 0.6) is 5.75 Å². The third kappa shape index (κ3) is 7.00. The minimum atomic E-state index is -3.70. The van der Waals surface area contributed by atoms with Gasteiger partial charge in [-0.3, -0.25) is 9.59 Å². The lowest BCUT2D eigenvalue weighted by Gasteiger charge is -2.33. The molecule has 0 bridgehead atoms. The van der Waals surface area contributed by atoms with Gasteiger partial charge in [0.25, 0.3) is 10.0 Å². The quantitative estimate of drug-likeness (QED) is 0.494. The number of fused-ring (bicyclic) bond motifs is 1. The Balaban J connectivity index is 1.62.